The van der Waals surface area contributed by atoms with Crippen LogP contribution in [0.1, 0.15) is 23.7 Å². The van der Waals surface area contributed by atoms with Crippen molar-refractivity contribution in [2.75, 3.05) is 6.54 Å². The lowest BCUT2D eigenvalue weighted by Crippen LogP contribution is -2.40. The van der Waals surface area contributed by atoms with Gasteiger partial charge >= 0.3 is 6.18 Å². The molecule has 3 rings (SSSR count). The molecule has 1 aromatic carbocycles. The standard InChI is InChI=1S/C16H16F3N3O3S/c1-2-21-10-20-14-9-22(7-6-13(14)15(21)23)26(24,25)12-5-3-4-11(8-12)16(17,18)19/h3-5,8,10H,2,6-7,9H2,1H3. The summed E-state index contributed by atoms with van der Waals surface area (Å²) >= 11 is 0. The molecule has 0 aliphatic carbocycles. The van der Waals surface area contributed by atoms with Crippen molar-refractivity contribution < 1.29 is 21.6 Å². The second kappa shape index (κ2) is 6.51. The van der Waals surface area contributed by atoms with E-state index < -0.39 is 26.7 Å². The van der Waals surface area contributed by atoms with Gasteiger partial charge in [-0.3, -0.25) is 9.36 Å². The van der Waals surface area contributed by atoms with Crippen LogP contribution in [0.2, 0.25) is 0 Å². The highest BCUT2D eigenvalue weighted by atomic mass is 32.2. The number of hydrogen-bond donors (Lipinski definition) is 0. The van der Waals surface area contributed by atoms with Crippen LogP contribution >= 0.6 is 0 Å². The predicted octanol–water partition coefficient (Wildman–Crippen LogP) is 2.03. The maximum Gasteiger partial charge on any atom is 0.416 e. The van der Waals surface area contributed by atoms with Crippen LogP contribution in [0.5, 0.6) is 0 Å². The Morgan fingerprint density at radius 3 is 2.65 bits per heavy atom. The van der Waals surface area contributed by atoms with Gasteiger partial charge in [0, 0.05) is 18.7 Å². The normalized spacial score (nSPS) is 15.7. The molecule has 10 heteroatoms. The third kappa shape index (κ3) is 3.26. The van der Waals surface area contributed by atoms with Crippen molar-refractivity contribution >= 4 is 10.0 Å². The molecule has 1 aliphatic heterocycles. The Morgan fingerprint density at radius 1 is 1.27 bits per heavy atom. The molecule has 0 saturated carbocycles. The summed E-state index contributed by atoms with van der Waals surface area (Å²) in [6.07, 6.45) is -3.12. The number of rotatable bonds is 3. The summed E-state index contributed by atoms with van der Waals surface area (Å²) in [5.74, 6) is 0. The van der Waals surface area contributed by atoms with Gasteiger partial charge in [-0.25, -0.2) is 13.4 Å². The molecule has 6 nitrogen and oxygen atoms in total. The van der Waals surface area contributed by atoms with Crippen LogP contribution in [0.4, 0.5) is 13.2 Å². The monoisotopic (exact) mass is 387 g/mol. The highest BCUT2D eigenvalue weighted by Gasteiger charge is 2.34. The molecule has 0 unspecified atom stereocenters. The topological polar surface area (TPSA) is 72.3 Å². The third-order valence-electron chi connectivity index (χ3n) is 4.30. The molecule has 26 heavy (non-hydrogen) atoms. The Balaban J connectivity index is 1.95. The van der Waals surface area contributed by atoms with E-state index in [0.717, 1.165) is 22.5 Å². The van der Waals surface area contributed by atoms with E-state index in [1.807, 2.05) is 0 Å². The molecule has 1 aromatic heterocycles. The van der Waals surface area contributed by atoms with Gasteiger partial charge in [0.15, 0.2) is 0 Å². The fourth-order valence-electron chi connectivity index (χ4n) is 2.85. The van der Waals surface area contributed by atoms with Gasteiger partial charge < -0.3 is 0 Å². The molecule has 0 bridgehead atoms. The van der Waals surface area contributed by atoms with E-state index in [2.05, 4.69) is 4.98 Å². The van der Waals surface area contributed by atoms with E-state index in [1.165, 1.54) is 10.9 Å². The van der Waals surface area contributed by atoms with Crippen LogP contribution < -0.4 is 5.56 Å². The fourth-order valence-corrected chi connectivity index (χ4v) is 4.30. The van der Waals surface area contributed by atoms with Gasteiger partial charge in [-0.15, -0.1) is 0 Å². The number of alkyl halides is 3. The summed E-state index contributed by atoms with van der Waals surface area (Å²) in [5.41, 5.74) is -0.458. The van der Waals surface area contributed by atoms with Crippen molar-refractivity contribution in [2.45, 2.75) is 37.5 Å². The lowest BCUT2D eigenvalue weighted by molar-refractivity contribution is -0.137. The number of halogens is 3. The summed E-state index contributed by atoms with van der Waals surface area (Å²) in [6, 6.07) is 3.63. The van der Waals surface area contributed by atoms with Gasteiger partial charge in [0.25, 0.3) is 5.56 Å². The van der Waals surface area contributed by atoms with Crippen LogP contribution in [-0.2, 0) is 35.7 Å². The number of aryl methyl sites for hydroxylation is 1. The van der Waals surface area contributed by atoms with Gasteiger partial charge in [-0.2, -0.15) is 17.5 Å². The summed E-state index contributed by atoms with van der Waals surface area (Å²) < 4.78 is 66.5. The minimum Gasteiger partial charge on any atom is -0.299 e. The number of nitrogens with zero attached hydrogens (tertiary/aromatic N) is 3. The van der Waals surface area contributed by atoms with Gasteiger partial charge in [-0.05, 0) is 31.5 Å². The molecule has 0 amide bonds. The maximum atomic E-state index is 12.9. The zero-order chi connectivity index (χ0) is 19.1. The number of hydrogen-bond acceptors (Lipinski definition) is 4. The van der Waals surface area contributed by atoms with Crippen LogP contribution in [0.15, 0.2) is 40.3 Å². The highest BCUT2D eigenvalue weighted by Crippen LogP contribution is 2.31. The summed E-state index contributed by atoms with van der Waals surface area (Å²) in [7, 11) is -4.13. The number of aromatic nitrogens is 2. The van der Waals surface area contributed by atoms with E-state index in [-0.39, 0.29) is 25.1 Å². The van der Waals surface area contributed by atoms with Crippen molar-refractivity contribution in [1.82, 2.24) is 13.9 Å². The summed E-state index contributed by atoms with van der Waals surface area (Å²) in [4.78, 5) is 16.0. The lowest BCUT2D eigenvalue weighted by atomic mass is 10.1. The Kier molecular flexibility index (Phi) is 4.65. The lowest BCUT2D eigenvalue weighted by Gasteiger charge is -2.27. The number of benzene rings is 1. The van der Waals surface area contributed by atoms with E-state index in [0.29, 0.717) is 23.9 Å². The largest absolute Gasteiger partial charge is 0.416 e. The third-order valence-corrected chi connectivity index (χ3v) is 6.14. The first-order valence-electron chi connectivity index (χ1n) is 7.89. The molecule has 0 saturated heterocycles. The second-order valence-electron chi connectivity index (χ2n) is 5.88. The molecule has 2 heterocycles. The van der Waals surface area contributed by atoms with Crippen molar-refractivity contribution in [3.05, 3.63) is 57.8 Å². The SMILES string of the molecule is CCn1cnc2c(c1=O)CCN(S(=O)(=O)c1cccc(C(F)(F)F)c1)C2. The van der Waals surface area contributed by atoms with E-state index in [1.54, 1.807) is 6.92 Å². The fraction of sp³-hybridized carbons (Fsp3) is 0.375. The second-order valence-corrected chi connectivity index (χ2v) is 7.81. The first-order chi connectivity index (χ1) is 12.1. The molecule has 140 valence electrons. The molecule has 1 aliphatic rings. The summed E-state index contributed by atoms with van der Waals surface area (Å²) in [6.45, 7) is 2.11. The van der Waals surface area contributed by atoms with Gasteiger partial charge in [0.05, 0.1) is 29.0 Å². The molecule has 0 spiro atoms. The molecule has 2 aromatic rings. The van der Waals surface area contributed by atoms with Crippen LogP contribution in [0.3, 0.4) is 0 Å². The Labute approximate surface area is 148 Å². The predicted molar refractivity (Wildman–Crippen MR) is 86.9 cm³/mol. The van der Waals surface area contributed by atoms with E-state index >= 15 is 0 Å². The minimum atomic E-state index is -4.63. The van der Waals surface area contributed by atoms with E-state index in [4.69, 9.17) is 0 Å². The number of sulfonamides is 1. The van der Waals surface area contributed by atoms with Crippen molar-refractivity contribution in [3.8, 4) is 0 Å². The van der Waals surface area contributed by atoms with Gasteiger partial charge in [-0.1, -0.05) is 6.07 Å². The number of fused-ring (bicyclic) bond motifs is 1. The van der Waals surface area contributed by atoms with Crippen molar-refractivity contribution in [1.29, 1.82) is 0 Å². The molecule has 0 N–H and O–H groups in total. The van der Waals surface area contributed by atoms with Crippen molar-refractivity contribution in [3.63, 3.8) is 0 Å². The zero-order valence-corrected chi connectivity index (χ0v) is 14.6. The first kappa shape index (κ1) is 18.6. The Hall–Kier alpha value is -2.20. The smallest absolute Gasteiger partial charge is 0.299 e. The average molecular weight is 387 g/mol. The van der Waals surface area contributed by atoms with Crippen LogP contribution in [0, 0.1) is 0 Å². The van der Waals surface area contributed by atoms with Crippen LogP contribution in [0.25, 0.3) is 0 Å². The summed E-state index contributed by atoms with van der Waals surface area (Å²) in [5, 5.41) is 0. The first-order valence-corrected chi connectivity index (χ1v) is 9.33. The van der Waals surface area contributed by atoms with Gasteiger partial charge in [0.1, 0.15) is 0 Å². The molecule has 0 fully saturated rings. The van der Waals surface area contributed by atoms with Crippen LogP contribution in [-0.4, -0.2) is 28.8 Å². The van der Waals surface area contributed by atoms with E-state index in [9.17, 15) is 26.4 Å². The Bertz CT molecular complexity index is 1000. The zero-order valence-electron chi connectivity index (χ0n) is 13.8. The minimum absolute atomic E-state index is 0.0101. The van der Waals surface area contributed by atoms with Crippen molar-refractivity contribution in [2.24, 2.45) is 0 Å². The molecule has 0 atom stereocenters. The quantitative estimate of drug-likeness (QED) is 0.808. The van der Waals surface area contributed by atoms with Gasteiger partial charge in [0.2, 0.25) is 10.0 Å². The maximum absolute atomic E-state index is 12.9. The highest BCUT2D eigenvalue weighted by molar-refractivity contribution is 7.89. The average Bonchev–Trinajstić information content (AvgIpc) is 2.61. The molecular weight excluding hydrogens is 371 g/mol. The molecule has 0 radical (unpaired) electrons. The Morgan fingerprint density at radius 2 is 2.00 bits per heavy atom. The molecular formula is C16H16F3N3O3S.